The molecule has 0 fully saturated rings. The van der Waals surface area contributed by atoms with Gasteiger partial charge in [-0.2, -0.15) is 5.10 Å². The van der Waals surface area contributed by atoms with Crippen molar-refractivity contribution in [1.82, 2.24) is 15.1 Å². The predicted octanol–water partition coefficient (Wildman–Crippen LogP) is 2.67. The number of hydrogen-bond donors (Lipinski definition) is 2. The number of amides is 1. The number of hydrogen-bond acceptors (Lipinski definition) is 5. The van der Waals surface area contributed by atoms with E-state index < -0.39 is 17.9 Å². The lowest BCUT2D eigenvalue weighted by Crippen LogP contribution is -2.41. The molecule has 1 aromatic carbocycles. The van der Waals surface area contributed by atoms with Crippen LogP contribution in [-0.4, -0.2) is 46.5 Å². The molecule has 0 aliphatic rings. The number of carboxylic acid groups (broad SMARTS) is 1. The summed E-state index contributed by atoms with van der Waals surface area (Å²) in [5.41, 5.74) is 1.96. The molecule has 1 amide bonds. The lowest BCUT2D eigenvalue weighted by Gasteiger charge is -2.13. The number of thiophene rings is 1. The molecule has 0 saturated heterocycles. The highest BCUT2D eigenvalue weighted by Gasteiger charge is 2.23. The zero-order valence-electron chi connectivity index (χ0n) is 15.1. The third kappa shape index (κ3) is 4.35. The molecule has 7 nitrogen and oxygen atoms in total. The van der Waals surface area contributed by atoms with Crippen LogP contribution in [0.15, 0.2) is 36.4 Å². The largest absolute Gasteiger partial charge is 0.480 e. The average Bonchev–Trinajstić information content (AvgIpc) is 3.21. The lowest BCUT2D eigenvalue weighted by molar-refractivity contribution is -0.139. The molecule has 0 spiro atoms. The summed E-state index contributed by atoms with van der Waals surface area (Å²) in [7, 11) is 1.49. The Morgan fingerprint density at radius 2 is 2.07 bits per heavy atom. The van der Waals surface area contributed by atoms with E-state index in [0.717, 1.165) is 21.5 Å². The van der Waals surface area contributed by atoms with Gasteiger partial charge < -0.3 is 15.2 Å². The van der Waals surface area contributed by atoms with Crippen LogP contribution >= 0.6 is 11.3 Å². The highest BCUT2D eigenvalue weighted by molar-refractivity contribution is 7.20. The second-order valence-electron chi connectivity index (χ2n) is 6.20. The Bertz CT molecular complexity index is 949. The third-order valence-electron chi connectivity index (χ3n) is 4.22. The maximum Gasteiger partial charge on any atom is 0.326 e. The van der Waals surface area contributed by atoms with E-state index in [1.54, 1.807) is 6.07 Å². The first kappa shape index (κ1) is 19.1. The number of carboxylic acids is 1. The smallest absolute Gasteiger partial charge is 0.326 e. The van der Waals surface area contributed by atoms with Gasteiger partial charge in [0.05, 0.1) is 17.1 Å². The average molecular weight is 387 g/mol. The van der Waals surface area contributed by atoms with Crippen LogP contribution in [0.1, 0.15) is 27.3 Å². The second-order valence-corrected chi connectivity index (χ2v) is 7.23. The van der Waals surface area contributed by atoms with Crippen molar-refractivity contribution in [2.45, 2.75) is 25.9 Å². The number of aliphatic carboxylic acids is 1. The monoisotopic (exact) mass is 387 g/mol. The summed E-state index contributed by atoms with van der Waals surface area (Å²) in [4.78, 5) is 25.2. The van der Waals surface area contributed by atoms with Crippen molar-refractivity contribution in [1.29, 1.82) is 0 Å². The fraction of sp³-hybridized carbons (Fsp3) is 0.316. The van der Waals surface area contributed by atoms with E-state index >= 15 is 0 Å². The molecule has 0 aliphatic carbocycles. The fourth-order valence-corrected chi connectivity index (χ4v) is 3.87. The minimum absolute atomic E-state index is 0.212. The first-order chi connectivity index (χ1) is 13.0. The number of aryl methyl sites for hydroxylation is 1. The van der Waals surface area contributed by atoms with Crippen LogP contribution in [0.4, 0.5) is 0 Å². The zero-order valence-corrected chi connectivity index (χ0v) is 16.0. The topological polar surface area (TPSA) is 93.5 Å². The number of nitrogens with one attached hydrogen (secondary N) is 1. The molecule has 1 unspecified atom stereocenters. The normalized spacial score (nSPS) is 12.2. The Morgan fingerprint density at radius 3 is 2.74 bits per heavy atom. The summed E-state index contributed by atoms with van der Waals surface area (Å²) in [5.74, 6) is -1.47. The Morgan fingerprint density at radius 1 is 1.33 bits per heavy atom. The molecule has 142 valence electrons. The van der Waals surface area contributed by atoms with Gasteiger partial charge in [-0.05, 0) is 18.6 Å². The quantitative estimate of drug-likeness (QED) is 0.620. The Labute approximate surface area is 160 Å². The van der Waals surface area contributed by atoms with Gasteiger partial charge in [0.1, 0.15) is 10.9 Å². The molecule has 8 heteroatoms. The number of benzene rings is 1. The minimum atomic E-state index is -1.08. The highest BCUT2D eigenvalue weighted by atomic mass is 32.1. The van der Waals surface area contributed by atoms with Crippen LogP contribution in [0, 0.1) is 6.92 Å². The number of fused-ring (bicyclic) bond motifs is 1. The molecule has 3 aromatic rings. The molecule has 0 aliphatic heterocycles. The van der Waals surface area contributed by atoms with Crippen LogP contribution in [0.5, 0.6) is 0 Å². The van der Waals surface area contributed by atoms with Gasteiger partial charge in [0.2, 0.25) is 0 Å². The van der Waals surface area contributed by atoms with Gasteiger partial charge in [0.25, 0.3) is 5.91 Å². The maximum absolute atomic E-state index is 12.5. The zero-order chi connectivity index (χ0) is 19.4. The van der Waals surface area contributed by atoms with Crippen LogP contribution in [0.25, 0.3) is 10.2 Å². The molecule has 1 atom stereocenters. The Hall–Kier alpha value is -2.71. The van der Waals surface area contributed by atoms with Gasteiger partial charge >= 0.3 is 5.97 Å². The van der Waals surface area contributed by atoms with Gasteiger partial charge in [-0.15, -0.1) is 11.3 Å². The number of methoxy groups -OCH3 is 1. The van der Waals surface area contributed by atoms with E-state index in [0.29, 0.717) is 11.4 Å². The van der Waals surface area contributed by atoms with E-state index in [9.17, 15) is 14.7 Å². The van der Waals surface area contributed by atoms with Gasteiger partial charge in [-0.25, -0.2) is 4.79 Å². The number of nitrogens with zero attached hydrogens (tertiary/aromatic N) is 2. The summed E-state index contributed by atoms with van der Waals surface area (Å²) in [6, 6.07) is 10.8. The van der Waals surface area contributed by atoms with Crippen LogP contribution in [-0.2, 0) is 16.1 Å². The number of ether oxygens (including phenoxy) is 1. The van der Waals surface area contributed by atoms with Crippen molar-refractivity contribution < 1.29 is 19.4 Å². The van der Waals surface area contributed by atoms with Crippen LogP contribution in [0.3, 0.4) is 0 Å². The summed E-state index contributed by atoms with van der Waals surface area (Å²) in [6.07, 6.45) is 0.212. The molecular formula is C19H21N3O4S. The number of rotatable bonds is 8. The maximum atomic E-state index is 12.5. The van der Waals surface area contributed by atoms with Crippen molar-refractivity contribution in [3.63, 3.8) is 0 Å². The number of carbonyl (C=O) groups is 2. The summed E-state index contributed by atoms with van der Waals surface area (Å²) >= 11 is 1.31. The lowest BCUT2D eigenvalue weighted by atomic mass is 10.2. The second kappa shape index (κ2) is 8.32. The van der Waals surface area contributed by atoms with E-state index in [4.69, 9.17) is 4.74 Å². The van der Waals surface area contributed by atoms with Crippen molar-refractivity contribution in [2.75, 3.05) is 13.7 Å². The standard InChI is InChI=1S/C19H21N3O4S/c1-12-14-10-16(17(23)20-15(19(24)25)8-9-26-2)27-18(14)22(21-12)11-13-6-4-3-5-7-13/h3-7,10,15H,8-9,11H2,1-2H3,(H,20,23)(H,24,25). The number of aromatic nitrogens is 2. The SMILES string of the molecule is COCCC(NC(=O)c1cc2c(C)nn(Cc3ccccc3)c2s1)C(=O)O. The van der Waals surface area contributed by atoms with Crippen molar-refractivity contribution in [3.05, 3.63) is 52.5 Å². The van der Waals surface area contributed by atoms with Crippen molar-refractivity contribution >= 4 is 33.4 Å². The Kier molecular flexibility index (Phi) is 5.88. The van der Waals surface area contributed by atoms with Gasteiger partial charge in [-0.3, -0.25) is 9.48 Å². The summed E-state index contributed by atoms with van der Waals surface area (Å²) < 4.78 is 6.79. The van der Waals surface area contributed by atoms with Crippen molar-refractivity contribution in [3.8, 4) is 0 Å². The van der Waals surface area contributed by atoms with Gasteiger partial charge in [0.15, 0.2) is 0 Å². The Balaban J connectivity index is 1.82. The molecular weight excluding hydrogens is 366 g/mol. The molecule has 2 N–H and O–H groups in total. The molecule has 0 saturated carbocycles. The molecule has 0 radical (unpaired) electrons. The van der Waals surface area contributed by atoms with E-state index in [1.165, 1.54) is 18.4 Å². The third-order valence-corrected chi connectivity index (χ3v) is 5.37. The molecule has 2 aromatic heterocycles. The number of carbonyl (C=O) groups excluding carboxylic acids is 1. The summed E-state index contributed by atoms with van der Waals surface area (Å²) in [5, 5.41) is 17.3. The fourth-order valence-electron chi connectivity index (χ4n) is 2.81. The molecule has 2 heterocycles. The molecule has 27 heavy (non-hydrogen) atoms. The first-order valence-electron chi connectivity index (χ1n) is 8.53. The van der Waals surface area contributed by atoms with Gasteiger partial charge in [0, 0.05) is 25.5 Å². The predicted molar refractivity (Wildman–Crippen MR) is 103 cm³/mol. The van der Waals surface area contributed by atoms with E-state index in [-0.39, 0.29) is 13.0 Å². The van der Waals surface area contributed by atoms with Gasteiger partial charge in [-0.1, -0.05) is 30.3 Å². The minimum Gasteiger partial charge on any atom is -0.480 e. The van der Waals surface area contributed by atoms with E-state index in [2.05, 4.69) is 10.4 Å². The van der Waals surface area contributed by atoms with Crippen LogP contribution < -0.4 is 5.32 Å². The van der Waals surface area contributed by atoms with E-state index in [1.807, 2.05) is 41.9 Å². The first-order valence-corrected chi connectivity index (χ1v) is 9.34. The highest BCUT2D eigenvalue weighted by Crippen LogP contribution is 2.29. The molecule has 0 bridgehead atoms. The summed E-state index contributed by atoms with van der Waals surface area (Å²) in [6.45, 7) is 2.77. The van der Waals surface area contributed by atoms with Crippen molar-refractivity contribution in [2.24, 2.45) is 0 Å². The molecule has 3 rings (SSSR count). The van der Waals surface area contributed by atoms with Crippen LogP contribution in [0.2, 0.25) is 0 Å².